The Balaban J connectivity index is 1.54. The van der Waals surface area contributed by atoms with Crippen LogP contribution in [0.3, 0.4) is 0 Å². The third-order valence-corrected chi connectivity index (χ3v) is 5.97. The highest BCUT2D eigenvalue weighted by Crippen LogP contribution is 2.46. The molecule has 0 spiro atoms. The summed E-state index contributed by atoms with van der Waals surface area (Å²) in [6.07, 6.45) is 7.23. The molecule has 4 rings (SSSR count). The van der Waals surface area contributed by atoms with Gasteiger partial charge in [0, 0.05) is 36.1 Å². The van der Waals surface area contributed by atoms with Gasteiger partial charge in [-0.05, 0) is 50.3 Å². The van der Waals surface area contributed by atoms with Gasteiger partial charge in [0.25, 0.3) is 0 Å². The Morgan fingerprint density at radius 2 is 1.92 bits per heavy atom. The molecule has 2 bridgehead atoms. The molecule has 2 saturated heterocycles. The number of hydrogen-bond acceptors (Lipinski definition) is 3. The van der Waals surface area contributed by atoms with Crippen molar-refractivity contribution < 1.29 is 9.50 Å². The predicted octanol–water partition coefficient (Wildman–Crippen LogP) is 3.45. The first-order chi connectivity index (χ1) is 12.0. The third-order valence-electron chi connectivity index (χ3n) is 5.97. The van der Waals surface area contributed by atoms with Crippen LogP contribution in [0.4, 0.5) is 4.39 Å². The normalized spacial score (nSPS) is 29.1. The largest absolute Gasteiger partial charge is 0.385 e. The number of halogens is 1. The lowest BCUT2D eigenvalue weighted by atomic mass is 9.80. The van der Waals surface area contributed by atoms with E-state index in [-0.39, 0.29) is 5.82 Å². The minimum Gasteiger partial charge on any atom is -0.385 e. The van der Waals surface area contributed by atoms with E-state index in [9.17, 15) is 9.50 Å². The molecule has 4 nitrogen and oxygen atoms in total. The molecule has 1 aromatic carbocycles. The molecule has 0 radical (unpaired) electrons. The number of nitrogens with zero attached hydrogens (tertiary/aromatic N) is 3. The topological polar surface area (TPSA) is 41.3 Å². The van der Waals surface area contributed by atoms with Gasteiger partial charge in [0.05, 0.1) is 11.8 Å². The maximum Gasteiger partial charge on any atom is 0.123 e. The quantitative estimate of drug-likeness (QED) is 0.926. The molecule has 0 aliphatic carbocycles. The summed E-state index contributed by atoms with van der Waals surface area (Å²) in [6.45, 7) is 6.70. The highest BCUT2D eigenvalue weighted by molar-refractivity contribution is 5.28. The Labute approximate surface area is 147 Å². The molecule has 2 aliphatic rings. The molecule has 1 aromatic heterocycles. The van der Waals surface area contributed by atoms with E-state index < -0.39 is 5.60 Å². The molecule has 0 amide bonds. The fourth-order valence-corrected chi connectivity index (χ4v) is 4.57. The van der Waals surface area contributed by atoms with Crippen LogP contribution in [0.15, 0.2) is 37.0 Å². The van der Waals surface area contributed by atoms with Crippen molar-refractivity contribution in [2.75, 3.05) is 0 Å². The van der Waals surface area contributed by atoms with Gasteiger partial charge in [-0.3, -0.25) is 4.90 Å². The lowest BCUT2D eigenvalue weighted by Gasteiger charge is -2.44. The van der Waals surface area contributed by atoms with Crippen LogP contribution in [0.1, 0.15) is 42.5 Å². The molecule has 2 atom stereocenters. The van der Waals surface area contributed by atoms with Crippen molar-refractivity contribution in [2.45, 2.75) is 56.8 Å². The van der Waals surface area contributed by atoms with Gasteiger partial charge in [-0.2, -0.15) is 5.10 Å². The Morgan fingerprint density at radius 1 is 1.28 bits per heavy atom. The molecular weight excluding hydrogens is 317 g/mol. The number of aliphatic hydroxyl groups is 1. The molecule has 0 unspecified atom stereocenters. The highest BCUT2D eigenvalue weighted by atomic mass is 19.1. The first-order valence-corrected chi connectivity index (χ1v) is 8.90. The van der Waals surface area contributed by atoms with Gasteiger partial charge in [-0.25, -0.2) is 9.07 Å². The van der Waals surface area contributed by atoms with Gasteiger partial charge >= 0.3 is 0 Å². The summed E-state index contributed by atoms with van der Waals surface area (Å²) in [7, 11) is 0. The monoisotopic (exact) mass is 341 g/mol. The molecule has 25 heavy (non-hydrogen) atoms. The highest BCUT2D eigenvalue weighted by Gasteiger charge is 2.48. The summed E-state index contributed by atoms with van der Waals surface area (Å²) >= 11 is 0. The zero-order valence-electron chi connectivity index (χ0n) is 14.5. The standard InChI is InChI=1S/C20H24FN3O/c1-3-24-14(2)15(12-22-24)13-23-18-8-9-19(23)11-20(25,10-18)16-4-6-17(21)7-5-16/h3-7,12,18-19,25H,1,8-11,13H2,2H3/t18-,19-/m1/s1. The summed E-state index contributed by atoms with van der Waals surface area (Å²) in [5, 5.41) is 15.6. The predicted molar refractivity (Wildman–Crippen MR) is 95.2 cm³/mol. The average Bonchev–Trinajstić information content (AvgIpc) is 3.06. The minimum absolute atomic E-state index is 0.262. The van der Waals surface area contributed by atoms with E-state index in [0.717, 1.165) is 30.6 Å². The molecule has 1 N–H and O–H groups in total. The van der Waals surface area contributed by atoms with Gasteiger partial charge in [0.2, 0.25) is 0 Å². The number of benzene rings is 1. The Hall–Kier alpha value is -1.98. The second-order valence-corrected chi connectivity index (χ2v) is 7.39. The lowest BCUT2D eigenvalue weighted by molar-refractivity contribution is -0.0595. The molecule has 2 fully saturated rings. The smallest absolute Gasteiger partial charge is 0.123 e. The maximum absolute atomic E-state index is 13.2. The molecule has 2 aliphatic heterocycles. The van der Waals surface area contributed by atoms with Crippen molar-refractivity contribution in [3.05, 3.63) is 59.7 Å². The summed E-state index contributed by atoms with van der Waals surface area (Å²) in [4.78, 5) is 2.51. The molecule has 5 heteroatoms. The third kappa shape index (κ3) is 2.81. The van der Waals surface area contributed by atoms with E-state index in [0.29, 0.717) is 24.9 Å². The average molecular weight is 341 g/mol. The molecule has 0 saturated carbocycles. The van der Waals surface area contributed by atoms with Crippen LogP contribution in [0, 0.1) is 12.7 Å². The van der Waals surface area contributed by atoms with Crippen LogP contribution < -0.4 is 0 Å². The number of rotatable bonds is 4. The van der Waals surface area contributed by atoms with Crippen LogP contribution in [-0.2, 0) is 12.1 Å². The van der Waals surface area contributed by atoms with E-state index in [4.69, 9.17) is 0 Å². The molecule has 132 valence electrons. The molecular formula is C20H24FN3O. The van der Waals surface area contributed by atoms with Crippen LogP contribution >= 0.6 is 0 Å². The van der Waals surface area contributed by atoms with Crippen LogP contribution in [0.2, 0.25) is 0 Å². The van der Waals surface area contributed by atoms with Gasteiger partial charge < -0.3 is 5.11 Å². The second kappa shape index (κ2) is 6.07. The van der Waals surface area contributed by atoms with Crippen molar-refractivity contribution in [1.82, 2.24) is 14.7 Å². The van der Waals surface area contributed by atoms with Crippen molar-refractivity contribution in [2.24, 2.45) is 0 Å². The Morgan fingerprint density at radius 3 is 2.48 bits per heavy atom. The first-order valence-electron chi connectivity index (χ1n) is 8.90. The van der Waals surface area contributed by atoms with Gasteiger partial charge in [-0.1, -0.05) is 18.7 Å². The molecule has 2 aromatic rings. The number of aromatic nitrogens is 2. The van der Waals surface area contributed by atoms with Gasteiger partial charge in [0.1, 0.15) is 5.82 Å². The van der Waals surface area contributed by atoms with Gasteiger partial charge in [-0.15, -0.1) is 0 Å². The summed E-state index contributed by atoms with van der Waals surface area (Å²) in [5.41, 5.74) is 2.31. The van der Waals surface area contributed by atoms with Crippen molar-refractivity contribution in [3.8, 4) is 0 Å². The fourth-order valence-electron chi connectivity index (χ4n) is 4.57. The van der Waals surface area contributed by atoms with E-state index >= 15 is 0 Å². The van der Waals surface area contributed by atoms with Crippen LogP contribution in [0.25, 0.3) is 6.20 Å². The van der Waals surface area contributed by atoms with E-state index in [1.54, 1.807) is 23.0 Å². The number of hydrogen-bond donors (Lipinski definition) is 1. The number of piperidine rings is 1. The lowest BCUT2D eigenvalue weighted by Crippen LogP contribution is -2.49. The Kier molecular flexibility index (Phi) is 4.01. The van der Waals surface area contributed by atoms with Crippen LogP contribution in [0.5, 0.6) is 0 Å². The van der Waals surface area contributed by atoms with Crippen molar-refractivity contribution >= 4 is 6.20 Å². The van der Waals surface area contributed by atoms with Crippen molar-refractivity contribution in [3.63, 3.8) is 0 Å². The first kappa shape index (κ1) is 16.5. The zero-order chi connectivity index (χ0) is 17.6. The fraction of sp³-hybridized carbons (Fsp3) is 0.450. The van der Waals surface area contributed by atoms with Gasteiger partial charge in [0.15, 0.2) is 0 Å². The van der Waals surface area contributed by atoms with E-state index in [2.05, 4.69) is 23.5 Å². The second-order valence-electron chi connectivity index (χ2n) is 7.39. The summed E-state index contributed by atoms with van der Waals surface area (Å²) in [5.74, 6) is -0.262. The van der Waals surface area contributed by atoms with E-state index in [1.807, 2.05) is 6.20 Å². The summed E-state index contributed by atoms with van der Waals surface area (Å²) < 4.78 is 15.0. The molecule has 3 heterocycles. The zero-order valence-corrected chi connectivity index (χ0v) is 14.5. The SMILES string of the molecule is C=Cn1ncc(CN2[C@@H]3CC[C@@H]2CC(O)(c2ccc(F)cc2)C3)c1C. The van der Waals surface area contributed by atoms with E-state index in [1.165, 1.54) is 17.7 Å². The van der Waals surface area contributed by atoms with Crippen LogP contribution in [-0.4, -0.2) is 31.9 Å². The van der Waals surface area contributed by atoms with Crippen molar-refractivity contribution in [1.29, 1.82) is 0 Å². The minimum atomic E-state index is -0.851. The summed E-state index contributed by atoms with van der Waals surface area (Å²) in [6, 6.07) is 7.02. The Bertz CT molecular complexity index is 769. The number of fused-ring (bicyclic) bond motifs is 2. The maximum atomic E-state index is 13.2.